The number of nitrogens with one attached hydrogen (secondary N) is 3. The van der Waals surface area contributed by atoms with Crippen LogP contribution in [0.15, 0.2) is 34.9 Å². The van der Waals surface area contributed by atoms with Crippen LogP contribution < -0.4 is 16.0 Å². The van der Waals surface area contributed by atoms with Crippen LogP contribution in [0.3, 0.4) is 0 Å². The number of amides is 2. The fourth-order valence-corrected chi connectivity index (χ4v) is 5.60. The third-order valence-electron chi connectivity index (χ3n) is 7.08. The smallest absolute Gasteiger partial charge is 0.256 e. The van der Waals surface area contributed by atoms with E-state index in [4.69, 9.17) is 4.42 Å². The molecule has 3 aliphatic carbocycles. The number of furan rings is 1. The van der Waals surface area contributed by atoms with E-state index in [1.54, 1.807) is 18.3 Å². The van der Waals surface area contributed by atoms with Crippen molar-refractivity contribution in [3.05, 3.63) is 47.5 Å². The lowest BCUT2D eigenvalue weighted by Crippen LogP contribution is -2.70. The van der Waals surface area contributed by atoms with E-state index in [1.165, 1.54) is 0 Å². The van der Waals surface area contributed by atoms with Gasteiger partial charge in [-0.2, -0.15) is 0 Å². The zero-order valence-electron chi connectivity index (χ0n) is 16.7. The predicted octanol–water partition coefficient (Wildman–Crippen LogP) is 2.98. The molecule has 2 amide bonds. The summed E-state index contributed by atoms with van der Waals surface area (Å²) in [5, 5.41) is 9.81. The third-order valence-corrected chi connectivity index (χ3v) is 7.08. The molecule has 3 saturated carbocycles. The quantitative estimate of drug-likeness (QED) is 0.744. The molecular formula is C22H26N4O3. The third kappa shape index (κ3) is 2.91. The number of rotatable bonds is 3. The summed E-state index contributed by atoms with van der Waals surface area (Å²) in [6.45, 7) is 4.47. The van der Waals surface area contributed by atoms with Crippen LogP contribution in [-0.2, 0) is 11.3 Å². The zero-order chi connectivity index (χ0) is 20.2. The maximum Gasteiger partial charge on any atom is 0.256 e. The number of nitrogens with zero attached hydrogens (tertiary/aromatic N) is 1. The highest BCUT2D eigenvalue weighted by molar-refractivity contribution is 6.01. The van der Waals surface area contributed by atoms with Gasteiger partial charge in [0.15, 0.2) is 0 Å². The lowest BCUT2D eigenvalue weighted by atomic mass is 9.51. The van der Waals surface area contributed by atoms with Crippen LogP contribution in [0.2, 0.25) is 0 Å². The summed E-state index contributed by atoms with van der Waals surface area (Å²) in [5.74, 6) is 2.34. The van der Waals surface area contributed by atoms with Gasteiger partial charge in [-0.3, -0.25) is 9.59 Å². The minimum atomic E-state index is -0.527. The summed E-state index contributed by atoms with van der Waals surface area (Å²) in [7, 11) is 0. The molecule has 2 aromatic heterocycles. The van der Waals surface area contributed by atoms with Crippen molar-refractivity contribution in [3.8, 4) is 0 Å². The van der Waals surface area contributed by atoms with Gasteiger partial charge in [0.2, 0.25) is 5.91 Å². The van der Waals surface area contributed by atoms with Gasteiger partial charge in [-0.05, 0) is 62.3 Å². The van der Waals surface area contributed by atoms with E-state index in [1.807, 2.05) is 19.1 Å². The molecule has 2 aromatic rings. The minimum absolute atomic E-state index is 0.0711. The maximum absolute atomic E-state index is 13.0. The maximum atomic E-state index is 13.0. The summed E-state index contributed by atoms with van der Waals surface area (Å²) in [4.78, 5) is 30.2. The van der Waals surface area contributed by atoms with E-state index in [0.29, 0.717) is 24.3 Å². The van der Waals surface area contributed by atoms with Gasteiger partial charge < -0.3 is 20.4 Å². The van der Waals surface area contributed by atoms with Crippen molar-refractivity contribution >= 4 is 17.6 Å². The Bertz CT molecular complexity index is 986. The first-order chi connectivity index (χ1) is 13.9. The van der Waals surface area contributed by atoms with Gasteiger partial charge in [-0.1, -0.05) is 6.92 Å². The number of hydrogen-bond acceptors (Lipinski definition) is 5. The predicted molar refractivity (Wildman–Crippen MR) is 107 cm³/mol. The number of pyridine rings is 1. The summed E-state index contributed by atoms with van der Waals surface area (Å²) in [6.07, 6.45) is 5.12. The number of aryl methyl sites for hydroxylation is 1. The molecule has 0 saturated heterocycles. The Balaban J connectivity index is 1.35. The Labute approximate surface area is 169 Å². The number of anilines is 1. The van der Waals surface area contributed by atoms with Crippen LogP contribution in [-0.4, -0.2) is 22.5 Å². The van der Waals surface area contributed by atoms with Crippen molar-refractivity contribution in [3.63, 3.8) is 0 Å². The fraction of sp³-hybridized carbons (Fsp3) is 0.500. The van der Waals surface area contributed by atoms with Crippen molar-refractivity contribution in [2.75, 3.05) is 5.32 Å². The highest BCUT2D eigenvalue weighted by Crippen LogP contribution is 2.58. The first-order valence-corrected chi connectivity index (χ1v) is 10.3. The van der Waals surface area contributed by atoms with Gasteiger partial charge >= 0.3 is 0 Å². The van der Waals surface area contributed by atoms with E-state index < -0.39 is 5.66 Å². The van der Waals surface area contributed by atoms with Crippen LogP contribution in [0.4, 0.5) is 5.82 Å². The zero-order valence-corrected chi connectivity index (χ0v) is 16.7. The van der Waals surface area contributed by atoms with Gasteiger partial charge in [0.05, 0.1) is 12.1 Å². The molecule has 3 N–H and O–H groups in total. The van der Waals surface area contributed by atoms with E-state index in [-0.39, 0.29) is 29.1 Å². The number of carbonyl (C=O) groups is 2. The molecule has 0 radical (unpaired) electrons. The Morgan fingerprint density at radius 2 is 2.21 bits per heavy atom. The Kier molecular flexibility index (Phi) is 3.98. The second kappa shape index (κ2) is 6.34. The molecule has 152 valence electrons. The summed E-state index contributed by atoms with van der Waals surface area (Å²) in [6, 6.07) is 7.35. The Morgan fingerprint density at radius 1 is 1.34 bits per heavy atom. The van der Waals surface area contributed by atoms with Gasteiger partial charge in [0.25, 0.3) is 5.91 Å². The number of carbonyl (C=O) groups excluding carboxylic acids is 2. The summed E-state index contributed by atoms with van der Waals surface area (Å²) < 4.78 is 5.56. The number of hydrogen-bond donors (Lipinski definition) is 3. The Hall–Kier alpha value is -2.83. The largest absolute Gasteiger partial charge is 0.465 e. The molecule has 4 unspecified atom stereocenters. The molecule has 7 heteroatoms. The van der Waals surface area contributed by atoms with Crippen molar-refractivity contribution in [1.82, 2.24) is 15.6 Å². The molecule has 29 heavy (non-hydrogen) atoms. The molecule has 1 aliphatic heterocycles. The second-order valence-corrected chi connectivity index (χ2v) is 9.03. The normalized spacial score (nSPS) is 32.4. The highest BCUT2D eigenvalue weighted by atomic mass is 16.3. The monoisotopic (exact) mass is 394 g/mol. The van der Waals surface area contributed by atoms with Gasteiger partial charge in [-0.25, -0.2) is 4.98 Å². The molecule has 1 spiro atoms. The van der Waals surface area contributed by atoms with Gasteiger partial charge in [0.1, 0.15) is 23.0 Å². The fourth-order valence-electron chi connectivity index (χ4n) is 5.60. The minimum Gasteiger partial charge on any atom is -0.465 e. The second-order valence-electron chi connectivity index (χ2n) is 9.03. The average Bonchev–Trinajstić information content (AvgIpc) is 3.11. The van der Waals surface area contributed by atoms with E-state index in [9.17, 15) is 9.59 Å². The van der Waals surface area contributed by atoms with Crippen molar-refractivity contribution in [2.45, 2.75) is 51.7 Å². The first-order valence-electron chi connectivity index (χ1n) is 10.3. The van der Waals surface area contributed by atoms with Crippen LogP contribution in [0.25, 0.3) is 0 Å². The van der Waals surface area contributed by atoms with E-state index in [2.05, 4.69) is 27.9 Å². The molecule has 3 heterocycles. The van der Waals surface area contributed by atoms with Crippen LogP contribution in [0, 0.1) is 24.2 Å². The molecule has 0 aromatic carbocycles. The standard InChI is InChI=1S/C22H26N4O3/c1-13-5-6-15(29-13)11-24-20(28)17-10-14-7-8-21(17,2)12-22(14)25-18-16(19(27)26-22)4-3-9-23-18/h3-6,9,14,17H,7-8,10-12H2,1-2H3,(H,23,25)(H,24,28)(H,26,27). The number of fused-ring (bicyclic) bond motifs is 3. The van der Waals surface area contributed by atoms with Crippen LogP contribution >= 0.6 is 0 Å². The molecule has 2 bridgehead atoms. The van der Waals surface area contributed by atoms with E-state index >= 15 is 0 Å². The molecule has 7 nitrogen and oxygen atoms in total. The molecule has 6 rings (SSSR count). The van der Waals surface area contributed by atoms with Gasteiger partial charge in [0, 0.05) is 18.0 Å². The first kappa shape index (κ1) is 18.2. The van der Waals surface area contributed by atoms with Crippen LogP contribution in [0.1, 0.15) is 54.5 Å². The summed E-state index contributed by atoms with van der Waals surface area (Å²) >= 11 is 0. The van der Waals surface area contributed by atoms with Crippen LogP contribution in [0.5, 0.6) is 0 Å². The topological polar surface area (TPSA) is 96.3 Å². The average molecular weight is 394 g/mol. The van der Waals surface area contributed by atoms with Gasteiger partial charge in [-0.15, -0.1) is 0 Å². The molecular weight excluding hydrogens is 368 g/mol. The summed E-state index contributed by atoms with van der Waals surface area (Å²) in [5.41, 5.74) is -0.141. The van der Waals surface area contributed by atoms with Crippen molar-refractivity contribution in [1.29, 1.82) is 0 Å². The van der Waals surface area contributed by atoms with E-state index in [0.717, 1.165) is 30.8 Å². The molecule has 4 aliphatic rings. The highest BCUT2D eigenvalue weighted by Gasteiger charge is 2.60. The van der Waals surface area contributed by atoms with Crippen molar-refractivity contribution < 1.29 is 14.0 Å². The lowest BCUT2D eigenvalue weighted by Gasteiger charge is -2.60. The Morgan fingerprint density at radius 3 is 2.97 bits per heavy atom. The lowest BCUT2D eigenvalue weighted by molar-refractivity contribution is -0.139. The molecule has 4 atom stereocenters. The number of aromatic nitrogens is 1. The van der Waals surface area contributed by atoms with Crippen molar-refractivity contribution in [2.24, 2.45) is 17.3 Å². The SMILES string of the molecule is Cc1ccc(CNC(=O)C2CC3CCC2(C)CC32NC(=O)c3cccnc3N2)o1. The molecule has 3 fully saturated rings.